The van der Waals surface area contributed by atoms with Crippen molar-refractivity contribution in [3.63, 3.8) is 0 Å². The van der Waals surface area contributed by atoms with Crippen molar-refractivity contribution < 1.29 is 14.6 Å². The van der Waals surface area contributed by atoms with Gasteiger partial charge in [-0.1, -0.05) is 12.5 Å². The first-order valence-electron chi connectivity index (χ1n) is 7.45. The highest BCUT2D eigenvalue weighted by Crippen LogP contribution is 2.52. The molecule has 1 aliphatic heterocycles. The van der Waals surface area contributed by atoms with Crippen LogP contribution in [0.3, 0.4) is 0 Å². The number of nitrogens with one attached hydrogen (secondary N) is 1. The van der Waals surface area contributed by atoms with E-state index in [1.165, 1.54) is 19.3 Å². The van der Waals surface area contributed by atoms with Gasteiger partial charge in [0.1, 0.15) is 5.75 Å². The first-order chi connectivity index (χ1) is 9.70. The van der Waals surface area contributed by atoms with E-state index in [4.69, 9.17) is 4.74 Å². The molecule has 2 saturated carbocycles. The van der Waals surface area contributed by atoms with Crippen LogP contribution in [-0.4, -0.2) is 17.6 Å². The second kappa shape index (κ2) is 4.48. The largest absolute Gasteiger partial charge is 0.482 e. The first-order valence-corrected chi connectivity index (χ1v) is 7.45. The molecule has 2 N–H and O–H groups in total. The van der Waals surface area contributed by atoms with E-state index in [1.807, 2.05) is 18.2 Å². The van der Waals surface area contributed by atoms with Gasteiger partial charge in [-0.25, -0.2) is 0 Å². The van der Waals surface area contributed by atoms with Crippen LogP contribution in [0.2, 0.25) is 0 Å². The number of carbonyl (C=O) groups excluding carboxylic acids is 1. The Balaban J connectivity index is 1.59. The molecule has 4 atom stereocenters. The number of benzene rings is 1. The van der Waals surface area contributed by atoms with Crippen molar-refractivity contribution in [2.45, 2.75) is 31.8 Å². The third-order valence-corrected chi connectivity index (χ3v) is 5.18. The molecule has 2 aliphatic carbocycles. The second-order valence-corrected chi connectivity index (χ2v) is 6.38. The number of aliphatic hydroxyl groups is 1. The predicted octanol–water partition coefficient (Wildman–Crippen LogP) is 2.49. The highest BCUT2D eigenvalue weighted by Gasteiger charge is 2.43. The van der Waals surface area contributed by atoms with Crippen molar-refractivity contribution in [2.24, 2.45) is 17.8 Å². The molecule has 20 heavy (non-hydrogen) atoms. The number of aliphatic hydroxyl groups excluding tert-OH is 1. The number of fused-ring (bicyclic) bond motifs is 3. The molecular formula is C16H19NO3. The Hall–Kier alpha value is -1.55. The second-order valence-electron chi connectivity index (χ2n) is 6.38. The minimum Gasteiger partial charge on any atom is -0.482 e. The quantitative estimate of drug-likeness (QED) is 0.870. The highest BCUT2D eigenvalue weighted by molar-refractivity contribution is 5.95. The normalized spacial score (nSPS) is 32.5. The van der Waals surface area contributed by atoms with Crippen molar-refractivity contribution >= 4 is 11.6 Å². The van der Waals surface area contributed by atoms with Crippen LogP contribution in [-0.2, 0) is 4.79 Å². The average Bonchev–Trinajstić information content (AvgIpc) is 3.08. The molecule has 4 heteroatoms. The van der Waals surface area contributed by atoms with Gasteiger partial charge in [-0.3, -0.25) is 4.79 Å². The van der Waals surface area contributed by atoms with Gasteiger partial charge in [0.05, 0.1) is 11.8 Å². The molecule has 0 radical (unpaired) electrons. The molecule has 3 aliphatic rings. The number of hydrogen-bond acceptors (Lipinski definition) is 3. The Kier molecular flexibility index (Phi) is 2.74. The van der Waals surface area contributed by atoms with E-state index in [0.717, 1.165) is 17.9 Å². The molecular weight excluding hydrogens is 254 g/mol. The zero-order chi connectivity index (χ0) is 13.7. The first kappa shape index (κ1) is 12.2. The van der Waals surface area contributed by atoms with Crippen molar-refractivity contribution in [2.75, 3.05) is 11.9 Å². The molecule has 1 aromatic carbocycles. The molecule has 1 aromatic rings. The van der Waals surface area contributed by atoms with E-state index in [-0.39, 0.29) is 12.5 Å². The van der Waals surface area contributed by atoms with Crippen LogP contribution < -0.4 is 10.1 Å². The molecule has 2 fully saturated rings. The van der Waals surface area contributed by atoms with Gasteiger partial charge in [-0.2, -0.15) is 0 Å². The Labute approximate surface area is 118 Å². The lowest BCUT2D eigenvalue weighted by atomic mass is 9.82. The van der Waals surface area contributed by atoms with Crippen LogP contribution in [0.15, 0.2) is 18.2 Å². The summed E-state index contributed by atoms with van der Waals surface area (Å²) in [7, 11) is 0. The molecule has 1 amide bonds. The summed E-state index contributed by atoms with van der Waals surface area (Å²) in [6.45, 7) is 0.0707. The van der Waals surface area contributed by atoms with Crippen molar-refractivity contribution in [1.82, 2.24) is 0 Å². The lowest BCUT2D eigenvalue weighted by molar-refractivity contribution is -0.118. The molecule has 0 aromatic heterocycles. The van der Waals surface area contributed by atoms with Gasteiger partial charge >= 0.3 is 0 Å². The molecule has 1 heterocycles. The fourth-order valence-corrected chi connectivity index (χ4v) is 4.21. The summed E-state index contributed by atoms with van der Waals surface area (Å²) in [6, 6.07) is 5.64. The van der Waals surface area contributed by atoms with Crippen LogP contribution in [0, 0.1) is 17.8 Å². The molecule has 4 nitrogen and oxygen atoms in total. The zero-order valence-electron chi connectivity index (χ0n) is 11.3. The van der Waals surface area contributed by atoms with Crippen molar-refractivity contribution in [3.8, 4) is 5.75 Å². The Morgan fingerprint density at radius 3 is 2.95 bits per heavy atom. The summed E-state index contributed by atoms with van der Waals surface area (Å²) in [5, 5.41) is 13.5. The van der Waals surface area contributed by atoms with Crippen molar-refractivity contribution in [3.05, 3.63) is 23.8 Å². The van der Waals surface area contributed by atoms with E-state index in [0.29, 0.717) is 23.3 Å². The van der Waals surface area contributed by atoms with Gasteiger partial charge < -0.3 is 15.2 Å². The molecule has 0 spiro atoms. The highest BCUT2D eigenvalue weighted by atomic mass is 16.5. The van der Waals surface area contributed by atoms with Gasteiger partial charge in [-0.05, 0) is 54.7 Å². The Morgan fingerprint density at radius 1 is 1.30 bits per heavy atom. The van der Waals surface area contributed by atoms with Crippen LogP contribution in [0.4, 0.5) is 5.69 Å². The standard InChI is InChI=1S/C16H19NO3/c18-15-8-20-14-4-3-11(7-13(14)17-15)16(19)12-6-9-1-2-10(12)5-9/h3-4,7,9-10,12,16,19H,1-2,5-6,8H2,(H,17,18). The minimum absolute atomic E-state index is 0.0707. The summed E-state index contributed by atoms with van der Waals surface area (Å²) in [4.78, 5) is 11.4. The number of rotatable bonds is 2. The fourth-order valence-electron chi connectivity index (χ4n) is 4.21. The molecule has 4 unspecified atom stereocenters. The third-order valence-electron chi connectivity index (χ3n) is 5.18. The maximum atomic E-state index is 11.4. The number of hydrogen-bond donors (Lipinski definition) is 2. The lowest BCUT2D eigenvalue weighted by Crippen LogP contribution is -2.26. The summed E-state index contributed by atoms with van der Waals surface area (Å²) < 4.78 is 5.35. The maximum Gasteiger partial charge on any atom is 0.262 e. The average molecular weight is 273 g/mol. The van der Waals surface area contributed by atoms with E-state index in [9.17, 15) is 9.90 Å². The summed E-state index contributed by atoms with van der Waals surface area (Å²) >= 11 is 0. The molecule has 106 valence electrons. The van der Waals surface area contributed by atoms with E-state index < -0.39 is 6.10 Å². The van der Waals surface area contributed by atoms with Gasteiger partial charge in [0, 0.05) is 0 Å². The van der Waals surface area contributed by atoms with Crippen LogP contribution in [0.1, 0.15) is 37.4 Å². The number of carbonyl (C=O) groups is 1. The number of anilines is 1. The Bertz CT molecular complexity index is 557. The zero-order valence-corrected chi connectivity index (χ0v) is 11.3. The smallest absolute Gasteiger partial charge is 0.262 e. The molecule has 2 bridgehead atoms. The van der Waals surface area contributed by atoms with Crippen molar-refractivity contribution in [1.29, 1.82) is 0 Å². The number of amides is 1. The van der Waals surface area contributed by atoms with Gasteiger partial charge in [0.15, 0.2) is 6.61 Å². The minimum atomic E-state index is -0.422. The monoisotopic (exact) mass is 273 g/mol. The fraction of sp³-hybridized carbons (Fsp3) is 0.562. The molecule has 4 rings (SSSR count). The van der Waals surface area contributed by atoms with Crippen LogP contribution in [0.25, 0.3) is 0 Å². The predicted molar refractivity (Wildman–Crippen MR) is 74.5 cm³/mol. The lowest BCUT2D eigenvalue weighted by Gasteiger charge is -2.28. The van der Waals surface area contributed by atoms with Gasteiger partial charge in [-0.15, -0.1) is 0 Å². The SMILES string of the molecule is O=C1COc2ccc(C(O)C3CC4CCC3C4)cc2N1. The van der Waals surface area contributed by atoms with Gasteiger partial charge in [0.25, 0.3) is 5.91 Å². The van der Waals surface area contributed by atoms with E-state index in [2.05, 4.69) is 5.32 Å². The maximum absolute atomic E-state index is 11.4. The summed E-state index contributed by atoms with van der Waals surface area (Å²) in [6.07, 6.45) is 4.60. The van der Waals surface area contributed by atoms with Gasteiger partial charge in [0.2, 0.25) is 0 Å². The van der Waals surface area contributed by atoms with E-state index >= 15 is 0 Å². The van der Waals surface area contributed by atoms with Crippen LogP contribution in [0.5, 0.6) is 5.75 Å². The summed E-state index contributed by atoms with van der Waals surface area (Å²) in [5.74, 6) is 2.43. The Morgan fingerprint density at radius 2 is 2.20 bits per heavy atom. The van der Waals surface area contributed by atoms with E-state index in [1.54, 1.807) is 0 Å². The third kappa shape index (κ3) is 1.90. The molecule has 0 saturated heterocycles. The topological polar surface area (TPSA) is 58.6 Å². The number of ether oxygens (including phenoxy) is 1. The van der Waals surface area contributed by atoms with Crippen LogP contribution >= 0.6 is 0 Å². The summed E-state index contributed by atoms with van der Waals surface area (Å²) in [5.41, 5.74) is 1.58.